The first-order valence-electron chi connectivity index (χ1n) is 11.1. The van der Waals surface area contributed by atoms with Gasteiger partial charge in [0, 0.05) is 22.4 Å². The highest BCUT2D eigenvalue weighted by Crippen LogP contribution is 2.42. The van der Waals surface area contributed by atoms with Gasteiger partial charge in [0.05, 0.1) is 25.6 Å². The number of hydrogen-bond donors (Lipinski definition) is 2. The Bertz CT molecular complexity index is 1350. The molecule has 12 heteroatoms. The number of sulfonamides is 1. The van der Waals surface area contributed by atoms with Crippen LogP contribution in [0.25, 0.3) is 0 Å². The highest BCUT2D eigenvalue weighted by atomic mass is 32.2. The molecular weight excluding hydrogens is 504 g/mol. The Morgan fingerprint density at radius 2 is 1.97 bits per heavy atom. The molecule has 0 aliphatic carbocycles. The van der Waals surface area contributed by atoms with Gasteiger partial charge in [0.25, 0.3) is 0 Å². The monoisotopic (exact) mass is 534 g/mol. The summed E-state index contributed by atoms with van der Waals surface area (Å²) in [6.45, 7) is 9.45. The summed E-state index contributed by atoms with van der Waals surface area (Å²) in [7, 11) is -2.67. The molecule has 3 N–H and O–H groups in total. The topological polar surface area (TPSA) is 152 Å². The molecule has 0 bridgehead atoms. The van der Waals surface area contributed by atoms with E-state index in [2.05, 4.69) is 11.4 Å². The number of nitriles is 1. The smallest absolute Gasteiger partial charge is 0.411 e. The van der Waals surface area contributed by atoms with E-state index in [0.29, 0.717) is 28.1 Å². The Morgan fingerprint density at radius 3 is 2.53 bits per heavy atom. The molecule has 0 saturated heterocycles. The molecule has 1 aliphatic rings. The second kappa shape index (κ2) is 9.72. The highest BCUT2D eigenvalue weighted by molar-refractivity contribution is 7.89. The number of methoxy groups -OCH3 is 1. The van der Waals surface area contributed by atoms with Crippen molar-refractivity contribution in [3.8, 4) is 11.8 Å². The van der Waals surface area contributed by atoms with Crippen LogP contribution in [0.5, 0.6) is 5.75 Å². The standard InChI is InChI=1S/C24H30N4O6S2/c1-23(2,3)34-22(30)28-13-16-15(12-25)21(35-18(16)11-24(28,4)5)27-20(29)10-14-7-8-19(36(26,31)32)17(9-14)33-6/h7-9H,10-11,13H2,1-6H3,(H,27,29)(H2,26,31,32). The fourth-order valence-electron chi connectivity index (χ4n) is 3.93. The molecule has 1 aliphatic heterocycles. The van der Waals surface area contributed by atoms with Crippen LogP contribution in [0.1, 0.15) is 56.2 Å². The zero-order valence-corrected chi connectivity index (χ0v) is 22.7. The molecule has 2 heterocycles. The summed E-state index contributed by atoms with van der Waals surface area (Å²) in [5, 5.41) is 18.3. The number of primary sulfonamides is 1. The summed E-state index contributed by atoms with van der Waals surface area (Å²) >= 11 is 1.31. The second-order valence-corrected chi connectivity index (χ2v) is 12.8. The SMILES string of the molecule is COc1cc(CC(=O)Nc2sc3c(c2C#N)CN(C(=O)OC(C)(C)C)C(C)(C)C3)ccc1S(N)(=O)=O. The van der Waals surface area contributed by atoms with Crippen molar-refractivity contribution in [2.45, 2.75) is 70.0 Å². The Balaban J connectivity index is 1.84. The molecule has 0 radical (unpaired) electrons. The van der Waals surface area contributed by atoms with E-state index in [1.165, 1.54) is 36.6 Å². The van der Waals surface area contributed by atoms with Crippen LogP contribution in [-0.4, -0.2) is 43.6 Å². The molecule has 0 saturated carbocycles. The third-order valence-corrected chi connectivity index (χ3v) is 7.71. The molecule has 0 fully saturated rings. The van der Waals surface area contributed by atoms with E-state index < -0.39 is 33.2 Å². The van der Waals surface area contributed by atoms with Crippen molar-refractivity contribution < 1.29 is 27.5 Å². The third kappa shape index (κ3) is 5.98. The van der Waals surface area contributed by atoms with Gasteiger partial charge in [-0.2, -0.15) is 5.26 Å². The molecule has 0 atom stereocenters. The number of amides is 2. The van der Waals surface area contributed by atoms with Crippen LogP contribution in [0.2, 0.25) is 0 Å². The first-order valence-corrected chi connectivity index (χ1v) is 13.5. The van der Waals surface area contributed by atoms with E-state index in [9.17, 15) is 23.3 Å². The van der Waals surface area contributed by atoms with Gasteiger partial charge in [-0.05, 0) is 52.3 Å². The lowest BCUT2D eigenvalue weighted by molar-refractivity contribution is -0.115. The molecule has 1 aromatic carbocycles. The summed E-state index contributed by atoms with van der Waals surface area (Å²) in [6.07, 6.45) is -0.0385. The molecule has 2 aromatic rings. The number of thiophene rings is 1. The summed E-state index contributed by atoms with van der Waals surface area (Å²) < 4.78 is 34.1. The van der Waals surface area contributed by atoms with E-state index in [-0.39, 0.29) is 23.6 Å². The zero-order valence-electron chi connectivity index (χ0n) is 21.1. The number of hydrogen-bond acceptors (Lipinski definition) is 8. The summed E-state index contributed by atoms with van der Waals surface area (Å²) in [6, 6.07) is 6.37. The number of rotatable bonds is 5. The number of ether oxygens (including phenoxy) is 2. The molecule has 1 aromatic heterocycles. The Morgan fingerprint density at radius 1 is 1.31 bits per heavy atom. The molecule has 36 heavy (non-hydrogen) atoms. The van der Waals surface area contributed by atoms with Crippen molar-refractivity contribution in [1.82, 2.24) is 4.90 Å². The number of fused-ring (bicyclic) bond motifs is 1. The average molecular weight is 535 g/mol. The number of benzene rings is 1. The minimum absolute atomic E-state index is 0.0385. The lowest BCUT2D eigenvalue weighted by atomic mass is 9.90. The molecule has 10 nitrogen and oxygen atoms in total. The lowest BCUT2D eigenvalue weighted by Crippen LogP contribution is -2.52. The third-order valence-electron chi connectivity index (χ3n) is 5.61. The van der Waals surface area contributed by atoms with Gasteiger partial charge in [-0.15, -0.1) is 11.3 Å². The van der Waals surface area contributed by atoms with Gasteiger partial charge in [-0.25, -0.2) is 18.4 Å². The van der Waals surface area contributed by atoms with Gasteiger partial charge in [-0.1, -0.05) is 6.07 Å². The van der Waals surface area contributed by atoms with Crippen molar-refractivity contribution in [2.75, 3.05) is 12.4 Å². The quantitative estimate of drug-likeness (QED) is 0.595. The first-order chi connectivity index (χ1) is 16.6. The highest BCUT2D eigenvalue weighted by Gasteiger charge is 2.41. The zero-order chi connectivity index (χ0) is 27.1. The molecule has 0 spiro atoms. The lowest BCUT2D eigenvalue weighted by Gasteiger charge is -2.42. The number of anilines is 1. The molecule has 2 amide bonds. The van der Waals surface area contributed by atoms with Crippen LogP contribution in [-0.2, 0) is 38.9 Å². The molecular formula is C24H30N4O6S2. The fourth-order valence-corrected chi connectivity index (χ4v) is 6.01. The fraction of sp³-hybridized carbons (Fsp3) is 0.458. The van der Waals surface area contributed by atoms with Crippen LogP contribution < -0.4 is 15.2 Å². The van der Waals surface area contributed by atoms with Gasteiger partial charge >= 0.3 is 6.09 Å². The van der Waals surface area contributed by atoms with Gasteiger partial charge < -0.3 is 14.8 Å². The van der Waals surface area contributed by atoms with E-state index in [1.807, 2.05) is 13.8 Å². The number of nitrogens with two attached hydrogens (primary N) is 1. The number of carbonyl (C=O) groups excluding carboxylic acids is 2. The van der Waals surface area contributed by atoms with Crippen LogP contribution >= 0.6 is 11.3 Å². The van der Waals surface area contributed by atoms with Crippen molar-refractivity contribution in [3.63, 3.8) is 0 Å². The summed E-state index contributed by atoms with van der Waals surface area (Å²) in [5.74, 6) is -0.352. The summed E-state index contributed by atoms with van der Waals surface area (Å²) in [4.78, 5) is 28.0. The van der Waals surface area contributed by atoms with Crippen LogP contribution in [0.15, 0.2) is 23.1 Å². The van der Waals surface area contributed by atoms with Crippen molar-refractivity contribution in [2.24, 2.45) is 5.14 Å². The number of nitrogens with one attached hydrogen (secondary N) is 1. The second-order valence-electron chi connectivity index (χ2n) is 10.1. The van der Waals surface area contributed by atoms with Crippen molar-refractivity contribution in [1.29, 1.82) is 5.26 Å². The van der Waals surface area contributed by atoms with E-state index in [4.69, 9.17) is 14.6 Å². The van der Waals surface area contributed by atoms with E-state index >= 15 is 0 Å². The average Bonchev–Trinajstić information content (AvgIpc) is 3.04. The van der Waals surface area contributed by atoms with Crippen LogP contribution in [0.3, 0.4) is 0 Å². The number of carbonyl (C=O) groups is 2. The predicted molar refractivity (Wildman–Crippen MR) is 135 cm³/mol. The maximum absolute atomic E-state index is 12.9. The Kier molecular flexibility index (Phi) is 7.41. The maximum atomic E-state index is 12.9. The minimum atomic E-state index is -3.98. The normalized spacial score (nSPS) is 15.0. The molecule has 3 rings (SSSR count). The van der Waals surface area contributed by atoms with Crippen molar-refractivity contribution in [3.05, 3.63) is 39.8 Å². The Hall–Kier alpha value is -3.14. The van der Waals surface area contributed by atoms with Gasteiger partial charge in [0.1, 0.15) is 27.3 Å². The van der Waals surface area contributed by atoms with Gasteiger partial charge in [0.15, 0.2) is 0 Å². The van der Waals surface area contributed by atoms with Crippen LogP contribution in [0, 0.1) is 11.3 Å². The van der Waals surface area contributed by atoms with Gasteiger partial charge in [0.2, 0.25) is 15.9 Å². The first kappa shape index (κ1) is 27.4. The molecule has 194 valence electrons. The number of nitrogens with zero attached hydrogens (tertiary/aromatic N) is 2. The predicted octanol–water partition coefficient (Wildman–Crippen LogP) is 3.53. The Labute approximate surface area is 215 Å². The van der Waals surface area contributed by atoms with E-state index in [0.717, 1.165) is 4.88 Å². The van der Waals surface area contributed by atoms with Crippen molar-refractivity contribution >= 4 is 38.4 Å². The van der Waals surface area contributed by atoms with Gasteiger partial charge in [-0.3, -0.25) is 9.69 Å². The molecule has 0 unspecified atom stereocenters. The minimum Gasteiger partial charge on any atom is -0.495 e. The van der Waals surface area contributed by atoms with E-state index in [1.54, 1.807) is 25.7 Å². The maximum Gasteiger partial charge on any atom is 0.411 e. The summed E-state index contributed by atoms with van der Waals surface area (Å²) in [5.41, 5.74) is 0.315. The van der Waals surface area contributed by atoms with Crippen LogP contribution in [0.4, 0.5) is 9.80 Å². The largest absolute Gasteiger partial charge is 0.495 e.